The molecule has 1 aromatic carbocycles. The average molecular weight is 339 g/mol. The maximum absolute atomic E-state index is 12.1. The van der Waals surface area contributed by atoms with Crippen molar-refractivity contribution in [3.63, 3.8) is 0 Å². The number of hydrogen-bond acceptors (Lipinski definition) is 4. The van der Waals surface area contributed by atoms with Gasteiger partial charge in [-0.05, 0) is 18.2 Å². The molecule has 1 heterocycles. The molecule has 2 rings (SSSR count). The summed E-state index contributed by atoms with van der Waals surface area (Å²) in [6.45, 7) is 0. The van der Waals surface area contributed by atoms with Gasteiger partial charge in [0.2, 0.25) is 0 Å². The molecule has 0 aliphatic rings. The smallest absolute Gasteiger partial charge is 0.262 e. The molecular formula is C10H6Cl3N3O2S. The molecule has 100 valence electrons. The number of rotatable bonds is 3. The van der Waals surface area contributed by atoms with E-state index in [1.807, 2.05) is 0 Å². The molecule has 9 heteroatoms. The van der Waals surface area contributed by atoms with Gasteiger partial charge in [-0.15, -0.1) is 0 Å². The largest absolute Gasteiger partial charge is 0.263 e. The Morgan fingerprint density at radius 3 is 2.21 bits per heavy atom. The molecule has 0 spiro atoms. The van der Waals surface area contributed by atoms with Crippen molar-refractivity contribution >= 4 is 50.6 Å². The normalized spacial score (nSPS) is 11.3. The van der Waals surface area contributed by atoms with Crippen LogP contribution >= 0.6 is 34.8 Å². The Hall–Kier alpha value is -1.08. The topological polar surface area (TPSA) is 72.0 Å². The van der Waals surface area contributed by atoms with Crippen LogP contribution in [0.1, 0.15) is 0 Å². The van der Waals surface area contributed by atoms with E-state index in [4.69, 9.17) is 34.8 Å². The van der Waals surface area contributed by atoms with E-state index >= 15 is 0 Å². The van der Waals surface area contributed by atoms with Gasteiger partial charge in [-0.3, -0.25) is 9.71 Å². The fraction of sp³-hybridized carbons (Fsp3) is 0. The predicted molar refractivity (Wildman–Crippen MR) is 74.3 cm³/mol. The van der Waals surface area contributed by atoms with Gasteiger partial charge in [0.05, 0.1) is 17.3 Å². The zero-order chi connectivity index (χ0) is 14.0. The van der Waals surface area contributed by atoms with Crippen LogP contribution in [0.15, 0.2) is 35.5 Å². The van der Waals surface area contributed by atoms with Gasteiger partial charge >= 0.3 is 0 Å². The van der Waals surface area contributed by atoms with Crippen LogP contribution in [0.3, 0.4) is 0 Å². The molecule has 2 aromatic rings. The van der Waals surface area contributed by atoms with E-state index in [9.17, 15) is 8.42 Å². The van der Waals surface area contributed by atoms with Crippen LogP contribution in [0.4, 0.5) is 5.82 Å². The van der Waals surface area contributed by atoms with Gasteiger partial charge in [-0.1, -0.05) is 34.8 Å². The minimum absolute atomic E-state index is 0.00333. The molecule has 0 atom stereocenters. The molecule has 19 heavy (non-hydrogen) atoms. The van der Waals surface area contributed by atoms with E-state index in [0.717, 1.165) is 0 Å². The summed E-state index contributed by atoms with van der Waals surface area (Å²) in [4.78, 5) is 7.42. The maximum Gasteiger partial charge on any atom is 0.263 e. The summed E-state index contributed by atoms with van der Waals surface area (Å²) in [5.41, 5.74) is 0. The molecule has 0 saturated carbocycles. The highest BCUT2D eigenvalue weighted by molar-refractivity contribution is 7.92. The number of halogens is 3. The molecule has 0 saturated heterocycles. The monoisotopic (exact) mass is 337 g/mol. The van der Waals surface area contributed by atoms with E-state index in [0.29, 0.717) is 0 Å². The minimum Gasteiger partial charge on any atom is -0.262 e. The van der Waals surface area contributed by atoms with Gasteiger partial charge in [-0.25, -0.2) is 13.4 Å². The van der Waals surface area contributed by atoms with Crippen molar-refractivity contribution in [1.82, 2.24) is 9.97 Å². The van der Waals surface area contributed by atoms with Crippen LogP contribution in [-0.2, 0) is 10.0 Å². The minimum atomic E-state index is -3.86. The number of nitrogens with zero attached hydrogens (tertiary/aromatic N) is 2. The van der Waals surface area contributed by atoms with Crippen molar-refractivity contribution in [3.05, 3.63) is 45.8 Å². The van der Waals surface area contributed by atoms with Crippen LogP contribution < -0.4 is 4.72 Å². The first-order chi connectivity index (χ1) is 8.87. The van der Waals surface area contributed by atoms with Crippen molar-refractivity contribution in [2.24, 2.45) is 0 Å². The molecule has 0 amide bonds. The lowest BCUT2D eigenvalue weighted by Gasteiger charge is -2.07. The first-order valence-electron chi connectivity index (χ1n) is 4.83. The summed E-state index contributed by atoms with van der Waals surface area (Å²) in [5.74, 6) is 0.00333. The average Bonchev–Trinajstić information content (AvgIpc) is 2.26. The first-order valence-corrected chi connectivity index (χ1v) is 7.45. The molecule has 0 aliphatic carbocycles. The van der Waals surface area contributed by atoms with Crippen molar-refractivity contribution in [2.45, 2.75) is 4.90 Å². The lowest BCUT2D eigenvalue weighted by atomic mass is 10.4. The Kier molecular flexibility index (Phi) is 4.15. The Balaban J connectivity index is 2.37. The zero-order valence-electron chi connectivity index (χ0n) is 9.14. The molecule has 1 aromatic heterocycles. The maximum atomic E-state index is 12.1. The molecule has 5 nitrogen and oxygen atoms in total. The lowest BCUT2D eigenvalue weighted by molar-refractivity contribution is 0.601. The van der Waals surface area contributed by atoms with Crippen molar-refractivity contribution in [1.29, 1.82) is 0 Å². The Morgan fingerprint density at radius 2 is 1.63 bits per heavy atom. The van der Waals surface area contributed by atoms with Gasteiger partial charge in [0.1, 0.15) is 5.15 Å². The third-order valence-electron chi connectivity index (χ3n) is 1.99. The molecule has 0 aliphatic heterocycles. The number of anilines is 1. The number of hydrogen-bond donors (Lipinski definition) is 1. The number of benzene rings is 1. The van der Waals surface area contributed by atoms with Gasteiger partial charge in [0.25, 0.3) is 10.0 Å². The Labute approximate surface area is 124 Å². The van der Waals surface area contributed by atoms with E-state index < -0.39 is 10.0 Å². The fourth-order valence-electron chi connectivity index (χ4n) is 1.27. The molecule has 0 unspecified atom stereocenters. The van der Waals surface area contributed by atoms with Gasteiger partial charge in [-0.2, -0.15) is 0 Å². The van der Waals surface area contributed by atoms with Gasteiger partial charge in [0, 0.05) is 10.0 Å². The quantitative estimate of drug-likeness (QED) is 0.932. The molecule has 0 radical (unpaired) electrons. The van der Waals surface area contributed by atoms with Crippen LogP contribution in [-0.4, -0.2) is 18.4 Å². The third kappa shape index (κ3) is 3.70. The van der Waals surface area contributed by atoms with Gasteiger partial charge in [0.15, 0.2) is 5.82 Å². The highest BCUT2D eigenvalue weighted by Crippen LogP contribution is 2.23. The summed E-state index contributed by atoms with van der Waals surface area (Å²) in [5, 5.41) is 0.499. The highest BCUT2D eigenvalue weighted by Gasteiger charge is 2.16. The van der Waals surface area contributed by atoms with Crippen LogP contribution in [0.5, 0.6) is 0 Å². The van der Waals surface area contributed by atoms with Crippen molar-refractivity contribution in [3.8, 4) is 0 Å². The second kappa shape index (κ2) is 5.50. The summed E-state index contributed by atoms with van der Waals surface area (Å²) in [7, 11) is -3.86. The number of nitrogens with one attached hydrogen (secondary N) is 1. The van der Waals surface area contributed by atoms with Crippen molar-refractivity contribution < 1.29 is 8.42 Å². The highest BCUT2D eigenvalue weighted by atomic mass is 35.5. The molecule has 1 N–H and O–H groups in total. The van der Waals surface area contributed by atoms with Crippen LogP contribution in [0, 0.1) is 0 Å². The summed E-state index contributed by atoms with van der Waals surface area (Å²) >= 11 is 17.1. The van der Waals surface area contributed by atoms with E-state index in [1.165, 1.54) is 30.6 Å². The Morgan fingerprint density at radius 1 is 1.00 bits per heavy atom. The van der Waals surface area contributed by atoms with Gasteiger partial charge < -0.3 is 0 Å². The lowest BCUT2D eigenvalue weighted by Crippen LogP contribution is -2.14. The second-order valence-corrected chi connectivity index (χ2v) is 6.38. The summed E-state index contributed by atoms with van der Waals surface area (Å²) < 4.78 is 26.4. The standard InChI is InChI=1S/C10H6Cl3N3O2S/c11-6-1-7(12)3-8(2-6)19(17,18)16-10-5-14-4-9(13)15-10/h1-5H,(H,15,16). The zero-order valence-corrected chi connectivity index (χ0v) is 12.2. The third-order valence-corrected chi connectivity index (χ3v) is 3.94. The summed E-state index contributed by atoms with van der Waals surface area (Å²) in [6, 6.07) is 3.98. The second-order valence-electron chi connectivity index (χ2n) is 3.44. The van der Waals surface area contributed by atoms with E-state index in [-0.39, 0.29) is 25.9 Å². The van der Waals surface area contributed by atoms with E-state index in [1.54, 1.807) is 0 Å². The number of aromatic nitrogens is 2. The van der Waals surface area contributed by atoms with E-state index in [2.05, 4.69) is 14.7 Å². The predicted octanol–water partition coefficient (Wildman–Crippen LogP) is 3.24. The molecule has 0 bridgehead atoms. The molecule has 0 fully saturated rings. The molecular weight excluding hydrogens is 333 g/mol. The SMILES string of the molecule is O=S(=O)(Nc1cncc(Cl)n1)c1cc(Cl)cc(Cl)c1. The van der Waals surface area contributed by atoms with Crippen molar-refractivity contribution in [2.75, 3.05) is 4.72 Å². The Bertz CT molecular complexity index is 701. The number of sulfonamides is 1. The van der Waals surface area contributed by atoms with Crippen LogP contribution in [0.2, 0.25) is 15.2 Å². The summed E-state index contributed by atoms with van der Waals surface area (Å²) in [6.07, 6.45) is 2.52. The fourth-order valence-corrected chi connectivity index (χ4v) is 3.13. The first kappa shape index (κ1) is 14.3. The van der Waals surface area contributed by atoms with Crippen LogP contribution in [0.25, 0.3) is 0 Å².